The van der Waals surface area contributed by atoms with Crippen molar-refractivity contribution in [2.45, 2.75) is 19.3 Å². The van der Waals surface area contributed by atoms with Crippen LogP contribution < -0.4 is 9.80 Å². The topological polar surface area (TPSA) is 47.0 Å². The van der Waals surface area contributed by atoms with Gasteiger partial charge in [0.2, 0.25) is 0 Å². The number of nitrogens with zero attached hydrogens (tertiary/aromatic N) is 3. The third-order valence-electron chi connectivity index (χ3n) is 5.68. The summed E-state index contributed by atoms with van der Waals surface area (Å²) >= 11 is 5.91. The lowest BCUT2D eigenvalue weighted by molar-refractivity contribution is 0.0746. The number of phenols is 1. The molecule has 2 aliphatic heterocycles. The third-order valence-corrected chi connectivity index (χ3v) is 5.93. The summed E-state index contributed by atoms with van der Waals surface area (Å²) < 4.78 is 0. The maximum Gasteiger partial charge on any atom is 0.253 e. The van der Waals surface area contributed by atoms with Crippen LogP contribution in [0.4, 0.5) is 11.4 Å². The Morgan fingerprint density at radius 2 is 1.43 bits per heavy atom. The number of carbonyl (C=O) groups is 1. The second-order valence-corrected chi connectivity index (χ2v) is 7.94. The molecule has 1 amide bonds. The van der Waals surface area contributed by atoms with Gasteiger partial charge in [-0.1, -0.05) is 11.6 Å². The monoisotopic (exact) mass is 471 g/mol. The van der Waals surface area contributed by atoms with E-state index in [0.29, 0.717) is 42.5 Å². The van der Waals surface area contributed by atoms with E-state index in [1.54, 1.807) is 30.3 Å². The number of amides is 1. The van der Waals surface area contributed by atoms with Gasteiger partial charge in [0, 0.05) is 55.5 Å². The summed E-state index contributed by atoms with van der Waals surface area (Å²) in [6.45, 7) is 4.83. The smallest absolute Gasteiger partial charge is 0.253 e. The first-order valence-corrected chi connectivity index (χ1v) is 10.4. The summed E-state index contributed by atoms with van der Waals surface area (Å²) in [5, 5.41) is 11.0. The summed E-state index contributed by atoms with van der Waals surface area (Å²) in [5.41, 5.74) is 2.70. The van der Waals surface area contributed by atoms with Crippen molar-refractivity contribution < 1.29 is 9.90 Å². The van der Waals surface area contributed by atoms with Crippen molar-refractivity contribution in [3.05, 3.63) is 53.1 Å². The van der Waals surface area contributed by atoms with E-state index in [-0.39, 0.29) is 30.7 Å². The van der Waals surface area contributed by atoms with Crippen molar-refractivity contribution in [1.82, 2.24) is 4.90 Å². The maximum absolute atomic E-state index is 12.7. The highest BCUT2D eigenvalue weighted by Crippen LogP contribution is 2.33. The molecule has 5 nitrogen and oxygen atoms in total. The van der Waals surface area contributed by atoms with E-state index in [0.717, 1.165) is 18.8 Å². The van der Waals surface area contributed by atoms with Crippen molar-refractivity contribution in [2.75, 3.05) is 49.1 Å². The minimum Gasteiger partial charge on any atom is -0.506 e. The van der Waals surface area contributed by atoms with Gasteiger partial charge in [-0.15, -0.1) is 24.8 Å². The molecule has 1 N–H and O–H groups in total. The molecule has 0 radical (unpaired) electrons. The molecular weight excluding hydrogens is 445 g/mol. The molecule has 0 spiro atoms. The van der Waals surface area contributed by atoms with Crippen molar-refractivity contribution in [2.24, 2.45) is 0 Å². The predicted octanol–water partition coefficient (Wildman–Crippen LogP) is 4.84. The Hall–Kier alpha value is -1.82. The number of hydrogen-bond acceptors (Lipinski definition) is 4. The molecule has 2 saturated heterocycles. The number of piperidine rings is 1. The molecule has 0 atom stereocenters. The SMILES string of the molecule is Cl.Cl.O=C(c1ccc(Cl)cc1)N1CCN(c2cc(N3CCCCC3)ccc2O)CC1. The van der Waals surface area contributed by atoms with Gasteiger partial charge in [-0.05, 0) is 61.7 Å². The van der Waals surface area contributed by atoms with Crippen LogP contribution in [0, 0.1) is 0 Å². The molecule has 0 saturated carbocycles. The third kappa shape index (κ3) is 5.45. The first kappa shape index (κ1) is 24.4. The van der Waals surface area contributed by atoms with Gasteiger partial charge < -0.3 is 19.8 Å². The molecule has 4 rings (SSSR count). The van der Waals surface area contributed by atoms with Crippen LogP contribution in [0.15, 0.2) is 42.5 Å². The molecule has 0 aliphatic carbocycles. The average Bonchev–Trinajstić information content (AvgIpc) is 2.75. The maximum atomic E-state index is 12.7. The Balaban J connectivity index is 0.00000160. The van der Waals surface area contributed by atoms with Gasteiger partial charge in [0.25, 0.3) is 5.91 Å². The Kier molecular flexibility index (Phi) is 8.95. The number of benzene rings is 2. The van der Waals surface area contributed by atoms with Gasteiger partial charge in [0.15, 0.2) is 0 Å². The van der Waals surface area contributed by atoms with Gasteiger partial charge >= 0.3 is 0 Å². The number of rotatable bonds is 3. The summed E-state index contributed by atoms with van der Waals surface area (Å²) in [5.74, 6) is 0.334. The second kappa shape index (κ2) is 11.0. The predicted molar refractivity (Wildman–Crippen MR) is 128 cm³/mol. The molecule has 0 aromatic heterocycles. The number of aromatic hydroxyl groups is 1. The van der Waals surface area contributed by atoms with Crippen LogP contribution in [0.1, 0.15) is 29.6 Å². The number of carbonyl (C=O) groups excluding carboxylic acids is 1. The van der Waals surface area contributed by atoms with Gasteiger partial charge in [0.05, 0.1) is 5.69 Å². The first-order chi connectivity index (χ1) is 13.6. The molecule has 2 aromatic carbocycles. The summed E-state index contributed by atoms with van der Waals surface area (Å²) in [7, 11) is 0. The average molecular weight is 473 g/mol. The summed E-state index contributed by atoms with van der Waals surface area (Å²) in [6, 6.07) is 12.9. The van der Waals surface area contributed by atoms with Crippen LogP contribution in [-0.4, -0.2) is 55.2 Å². The van der Waals surface area contributed by atoms with E-state index in [1.165, 1.54) is 24.9 Å². The number of halogens is 3. The van der Waals surface area contributed by atoms with E-state index >= 15 is 0 Å². The van der Waals surface area contributed by atoms with Crippen molar-refractivity contribution in [3.63, 3.8) is 0 Å². The van der Waals surface area contributed by atoms with Crippen molar-refractivity contribution in [1.29, 1.82) is 0 Å². The fourth-order valence-corrected chi connectivity index (χ4v) is 4.17. The van der Waals surface area contributed by atoms with Gasteiger partial charge in [-0.25, -0.2) is 0 Å². The Morgan fingerprint density at radius 3 is 2.07 bits per heavy atom. The Morgan fingerprint density at radius 1 is 0.800 bits per heavy atom. The van der Waals surface area contributed by atoms with Gasteiger partial charge in [-0.2, -0.15) is 0 Å². The number of phenolic OH excluding ortho intramolecular Hbond substituents is 1. The lowest BCUT2D eigenvalue weighted by Gasteiger charge is -2.37. The fraction of sp³-hybridized carbons (Fsp3) is 0.409. The zero-order valence-electron chi connectivity index (χ0n) is 16.8. The number of hydrogen-bond donors (Lipinski definition) is 1. The normalized spacial score (nSPS) is 16.5. The minimum atomic E-state index is 0. The summed E-state index contributed by atoms with van der Waals surface area (Å²) in [4.78, 5) is 19.1. The standard InChI is InChI=1S/C22H26ClN3O2.2ClH/c23-18-6-4-17(5-7-18)22(28)26-14-12-25(13-15-26)20-16-19(8-9-21(20)27)24-10-2-1-3-11-24;;/h4-9,16,27H,1-3,10-15H2;2*1H. The number of anilines is 2. The molecule has 2 fully saturated rings. The van der Waals surface area contributed by atoms with E-state index in [4.69, 9.17) is 11.6 Å². The zero-order chi connectivity index (χ0) is 19.5. The van der Waals surface area contributed by atoms with E-state index in [2.05, 4.69) is 15.9 Å². The minimum absolute atomic E-state index is 0. The fourth-order valence-electron chi connectivity index (χ4n) is 4.04. The largest absolute Gasteiger partial charge is 0.506 e. The highest BCUT2D eigenvalue weighted by atomic mass is 35.5. The molecule has 0 unspecified atom stereocenters. The molecule has 2 aliphatic rings. The van der Waals surface area contributed by atoms with Crippen LogP contribution in [0.2, 0.25) is 5.02 Å². The molecule has 164 valence electrons. The summed E-state index contributed by atoms with van der Waals surface area (Å²) in [6.07, 6.45) is 3.74. The molecule has 0 bridgehead atoms. The molecule has 8 heteroatoms. The number of piperazine rings is 1. The van der Waals surface area contributed by atoms with Gasteiger partial charge in [-0.3, -0.25) is 4.79 Å². The van der Waals surface area contributed by atoms with Crippen molar-refractivity contribution in [3.8, 4) is 5.75 Å². The Bertz CT molecular complexity index is 834. The highest BCUT2D eigenvalue weighted by Gasteiger charge is 2.24. The molecular formula is C22H28Cl3N3O2. The lowest BCUT2D eigenvalue weighted by Crippen LogP contribution is -2.48. The highest BCUT2D eigenvalue weighted by molar-refractivity contribution is 6.30. The van der Waals surface area contributed by atoms with Crippen LogP contribution in [-0.2, 0) is 0 Å². The van der Waals surface area contributed by atoms with Crippen LogP contribution >= 0.6 is 36.4 Å². The van der Waals surface area contributed by atoms with Crippen LogP contribution in [0.25, 0.3) is 0 Å². The van der Waals surface area contributed by atoms with Crippen molar-refractivity contribution >= 4 is 53.7 Å². The van der Waals surface area contributed by atoms with E-state index in [1.807, 2.05) is 11.0 Å². The van der Waals surface area contributed by atoms with E-state index < -0.39 is 0 Å². The lowest BCUT2D eigenvalue weighted by atomic mass is 10.1. The Labute approximate surface area is 195 Å². The molecule has 2 aromatic rings. The zero-order valence-corrected chi connectivity index (χ0v) is 19.2. The second-order valence-electron chi connectivity index (χ2n) is 7.51. The van der Waals surface area contributed by atoms with E-state index in [9.17, 15) is 9.90 Å². The first-order valence-electron chi connectivity index (χ1n) is 9.99. The van der Waals surface area contributed by atoms with Crippen LogP contribution in [0.5, 0.6) is 5.75 Å². The van der Waals surface area contributed by atoms with Crippen LogP contribution in [0.3, 0.4) is 0 Å². The van der Waals surface area contributed by atoms with Gasteiger partial charge in [0.1, 0.15) is 5.75 Å². The molecule has 2 heterocycles. The quantitative estimate of drug-likeness (QED) is 0.694. The molecule has 30 heavy (non-hydrogen) atoms.